The third-order valence-electron chi connectivity index (χ3n) is 5.54. The molecule has 0 aliphatic rings. The van der Waals surface area contributed by atoms with Gasteiger partial charge in [-0.15, -0.1) is 3.89 Å². The average Bonchev–Trinajstić information content (AvgIpc) is 3.24. The Bertz CT molecular complexity index is 1690. The molecule has 0 saturated carbocycles. The number of nitrogens with zero attached hydrogens (tertiary/aromatic N) is 4. The van der Waals surface area contributed by atoms with Gasteiger partial charge in [-0.05, 0) is 37.1 Å². The average molecular weight is 519 g/mol. The number of imidazole rings is 1. The molecular formula is C23H23FN4O7S. The second-order valence-electron chi connectivity index (χ2n) is 7.92. The van der Waals surface area contributed by atoms with Gasteiger partial charge in [-0.1, -0.05) is 13.0 Å². The minimum atomic E-state index is -4.96. The Morgan fingerprint density at radius 3 is 2.58 bits per heavy atom. The quantitative estimate of drug-likeness (QED) is 0.187. The number of benzene rings is 1. The van der Waals surface area contributed by atoms with Crippen molar-refractivity contribution in [1.29, 1.82) is 0 Å². The highest BCUT2D eigenvalue weighted by Gasteiger charge is 2.19. The molecule has 3 aromatic heterocycles. The van der Waals surface area contributed by atoms with Gasteiger partial charge in [0.2, 0.25) is 0 Å². The number of hydrogen-bond acceptors (Lipinski definition) is 8. The lowest BCUT2D eigenvalue weighted by atomic mass is 10.2. The van der Waals surface area contributed by atoms with Gasteiger partial charge in [0.25, 0.3) is 5.56 Å². The molecule has 11 nitrogen and oxygen atoms in total. The van der Waals surface area contributed by atoms with E-state index in [1.54, 1.807) is 22.7 Å². The number of carbonyl (C=O) groups is 1. The van der Waals surface area contributed by atoms with Crippen LogP contribution < -0.4 is 16.0 Å². The molecule has 36 heavy (non-hydrogen) atoms. The number of methoxy groups -OCH3 is 1. The Labute approximate surface area is 204 Å². The van der Waals surface area contributed by atoms with Crippen molar-refractivity contribution in [3.63, 3.8) is 0 Å². The monoisotopic (exact) mass is 518 g/mol. The van der Waals surface area contributed by atoms with Crippen LogP contribution in [0.4, 0.5) is 3.89 Å². The lowest BCUT2D eigenvalue weighted by Gasteiger charge is -2.11. The Balaban J connectivity index is 1.61. The van der Waals surface area contributed by atoms with Gasteiger partial charge in [-0.3, -0.25) is 18.3 Å². The number of fused-ring (bicyclic) bond motifs is 3. The number of esters is 1. The minimum Gasteiger partial charge on any atom is -0.497 e. The maximum Gasteiger partial charge on any atom is 0.338 e. The summed E-state index contributed by atoms with van der Waals surface area (Å²) in [5.74, 6) is -0.300. The number of halogens is 1. The number of aryl methyl sites for hydroxylation is 1. The molecule has 0 N–H and O–H groups in total. The summed E-state index contributed by atoms with van der Waals surface area (Å²) >= 11 is 0. The third kappa shape index (κ3) is 4.73. The van der Waals surface area contributed by atoms with Crippen LogP contribution in [-0.2, 0) is 28.0 Å². The molecule has 190 valence electrons. The third-order valence-corrected chi connectivity index (χ3v) is 6.35. The zero-order valence-corrected chi connectivity index (χ0v) is 20.3. The molecule has 0 bridgehead atoms. The van der Waals surface area contributed by atoms with Crippen LogP contribution in [-0.4, -0.2) is 46.6 Å². The van der Waals surface area contributed by atoms with E-state index in [1.165, 1.54) is 23.8 Å². The van der Waals surface area contributed by atoms with Gasteiger partial charge in [0.05, 0.1) is 24.2 Å². The van der Waals surface area contributed by atoms with Crippen molar-refractivity contribution in [3.05, 3.63) is 69.0 Å². The van der Waals surface area contributed by atoms with Crippen LogP contribution in [0.2, 0.25) is 0 Å². The first-order valence-corrected chi connectivity index (χ1v) is 12.5. The number of hydrogen-bond donors (Lipinski definition) is 0. The van der Waals surface area contributed by atoms with E-state index >= 15 is 0 Å². The molecule has 0 unspecified atom stereocenters. The molecule has 0 amide bonds. The molecule has 0 aliphatic heterocycles. The number of pyridine rings is 1. The van der Waals surface area contributed by atoms with Crippen LogP contribution in [0.5, 0.6) is 5.75 Å². The first-order valence-electron chi connectivity index (χ1n) is 11.1. The first kappa shape index (κ1) is 25.1. The van der Waals surface area contributed by atoms with E-state index in [9.17, 15) is 26.7 Å². The molecule has 4 aromatic rings. The number of carbonyl (C=O) groups excluding carboxylic acids is 1. The van der Waals surface area contributed by atoms with E-state index in [0.29, 0.717) is 17.8 Å². The maximum atomic E-state index is 13.2. The minimum absolute atomic E-state index is 0.0898. The van der Waals surface area contributed by atoms with Crippen LogP contribution >= 0.6 is 0 Å². The van der Waals surface area contributed by atoms with Gasteiger partial charge in [0, 0.05) is 25.4 Å². The Morgan fingerprint density at radius 1 is 1.11 bits per heavy atom. The van der Waals surface area contributed by atoms with Crippen molar-refractivity contribution in [2.24, 2.45) is 0 Å². The summed E-state index contributed by atoms with van der Waals surface area (Å²) in [4.78, 5) is 42.4. The maximum absolute atomic E-state index is 13.2. The summed E-state index contributed by atoms with van der Waals surface area (Å²) in [6.07, 6.45) is 2.41. The Kier molecular flexibility index (Phi) is 6.93. The molecule has 13 heteroatoms. The Hall–Kier alpha value is -4.00. The predicted molar refractivity (Wildman–Crippen MR) is 128 cm³/mol. The summed E-state index contributed by atoms with van der Waals surface area (Å²) in [6.45, 7) is 2.04. The molecule has 0 fully saturated rings. The van der Waals surface area contributed by atoms with Crippen molar-refractivity contribution >= 4 is 33.0 Å². The van der Waals surface area contributed by atoms with Crippen LogP contribution in [0, 0.1) is 0 Å². The molecule has 0 atom stereocenters. The van der Waals surface area contributed by atoms with Gasteiger partial charge in [0.15, 0.2) is 11.2 Å². The molecule has 0 saturated heterocycles. The topological polar surface area (TPSA) is 131 Å². The van der Waals surface area contributed by atoms with Crippen molar-refractivity contribution in [2.45, 2.75) is 37.8 Å². The summed E-state index contributed by atoms with van der Waals surface area (Å²) in [5, 5.41) is 0. The standard InChI is InChI=1S/C23H23FN4O7S/c1-3-9-28-21(29)19-20(25-18-14-16(34-2)8-11-26(18)19)27(23(28)31)10-5-12-35-22(30)15-6-4-7-17(13-15)36(24,32)33/h4,6-8,11,13-14H,3,5,9-10,12H2,1-2H3. The summed E-state index contributed by atoms with van der Waals surface area (Å²) in [5.41, 5.74) is -0.256. The fourth-order valence-electron chi connectivity index (χ4n) is 3.85. The van der Waals surface area contributed by atoms with Crippen LogP contribution in [0.3, 0.4) is 0 Å². The highest BCUT2D eigenvalue weighted by atomic mass is 32.3. The summed E-state index contributed by atoms with van der Waals surface area (Å²) in [6, 6.07) is 7.77. The van der Waals surface area contributed by atoms with E-state index in [4.69, 9.17) is 9.47 Å². The van der Waals surface area contributed by atoms with Crippen molar-refractivity contribution in [1.82, 2.24) is 18.5 Å². The second-order valence-corrected chi connectivity index (χ2v) is 9.27. The first-order chi connectivity index (χ1) is 17.2. The van der Waals surface area contributed by atoms with Crippen molar-refractivity contribution < 1.29 is 26.6 Å². The molecule has 0 radical (unpaired) electrons. The van der Waals surface area contributed by atoms with Gasteiger partial charge >= 0.3 is 21.9 Å². The van der Waals surface area contributed by atoms with Crippen LogP contribution in [0.1, 0.15) is 30.1 Å². The molecule has 3 heterocycles. The van der Waals surface area contributed by atoms with Crippen LogP contribution in [0.15, 0.2) is 57.1 Å². The fraction of sp³-hybridized carbons (Fsp3) is 0.304. The van der Waals surface area contributed by atoms with E-state index in [0.717, 1.165) is 16.7 Å². The van der Waals surface area contributed by atoms with Gasteiger partial charge in [0.1, 0.15) is 11.4 Å². The number of rotatable bonds is 9. The zero-order valence-electron chi connectivity index (χ0n) is 19.5. The fourth-order valence-corrected chi connectivity index (χ4v) is 4.36. The van der Waals surface area contributed by atoms with Gasteiger partial charge in [-0.2, -0.15) is 8.42 Å². The summed E-state index contributed by atoms with van der Waals surface area (Å²) in [7, 11) is -3.46. The highest BCUT2D eigenvalue weighted by Crippen LogP contribution is 2.18. The molecule has 0 spiro atoms. The van der Waals surface area contributed by atoms with E-state index in [2.05, 4.69) is 4.98 Å². The van der Waals surface area contributed by atoms with Gasteiger partial charge < -0.3 is 9.47 Å². The van der Waals surface area contributed by atoms with Crippen molar-refractivity contribution in [3.8, 4) is 5.75 Å². The second kappa shape index (κ2) is 9.93. The smallest absolute Gasteiger partial charge is 0.338 e. The molecule has 0 aliphatic carbocycles. The van der Waals surface area contributed by atoms with Gasteiger partial charge in [-0.25, -0.2) is 14.6 Å². The lowest BCUT2D eigenvalue weighted by molar-refractivity contribution is 0.0495. The zero-order chi connectivity index (χ0) is 26.0. The SMILES string of the molecule is CCCn1c(=O)c2c(nc3cc(OC)ccn32)n(CCCOC(=O)c2cccc(S(=O)(=O)F)c2)c1=O. The largest absolute Gasteiger partial charge is 0.497 e. The molecule has 4 rings (SSSR count). The van der Waals surface area contributed by atoms with Crippen LogP contribution in [0.25, 0.3) is 16.8 Å². The number of ether oxygens (including phenoxy) is 2. The van der Waals surface area contributed by atoms with E-state index in [-0.39, 0.29) is 42.8 Å². The highest BCUT2D eigenvalue weighted by molar-refractivity contribution is 7.86. The lowest BCUT2D eigenvalue weighted by Crippen LogP contribution is -2.40. The van der Waals surface area contributed by atoms with E-state index < -0.39 is 32.3 Å². The summed E-state index contributed by atoms with van der Waals surface area (Å²) < 4.78 is 49.8. The molecule has 1 aromatic carbocycles. The number of aromatic nitrogens is 4. The normalized spacial score (nSPS) is 11.8. The Morgan fingerprint density at radius 2 is 1.89 bits per heavy atom. The predicted octanol–water partition coefficient (Wildman–Crippen LogP) is 2.13. The molecular weight excluding hydrogens is 495 g/mol. The van der Waals surface area contributed by atoms with E-state index in [1.807, 2.05) is 6.92 Å². The van der Waals surface area contributed by atoms with Crippen molar-refractivity contribution in [2.75, 3.05) is 13.7 Å².